The maximum absolute atomic E-state index is 11.3. The summed E-state index contributed by atoms with van der Waals surface area (Å²) in [4.78, 5) is 22.0. The van der Waals surface area contributed by atoms with Gasteiger partial charge in [0, 0.05) is 5.69 Å². The molecule has 0 saturated heterocycles. The van der Waals surface area contributed by atoms with E-state index in [1.54, 1.807) is 0 Å². The van der Waals surface area contributed by atoms with Crippen LogP contribution in [0.2, 0.25) is 0 Å². The second-order valence-corrected chi connectivity index (χ2v) is 3.85. The number of ether oxygens (including phenoxy) is 1. The van der Waals surface area contributed by atoms with Gasteiger partial charge in [-0.3, -0.25) is 5.32 Å². The van der Waals surface area contributed by atoms with Gasteiger partial charge in [-0.2, -0.15) is 0 Å². The van der Waals surface area contributed by atoms with Crippen molar-refractivity contribution in [3.63, 3.8) is 0 Å². The molecule has 0 aliphatic heterocycles. The van der Waals surface area contributed by atoms with Gasteiger partial charge in [-0.25, -0.2) is 9.59 Å². The number of rotatable bonds is 6. The highest BCUT2D eigenvalue weighted by Crippen LogP contribution is 2.10. The molecule has 98 valence electrons. The van der Waals surface area contributed by atoms with Gasteiger partial charge in [0.2, 0.25) is 0 Å². The van der Waals surface area contributed by atoms with Crippen LogP contribution in [0.15, 0.2) is 24.3 Å². The standard InChI is InChI=1S/C13H17NO4/c1-2-3-4-9-18-13(17)14-11-7-5-10(6-8-11)12(15)16/h5-8H,2-4,9H2,1H3,(H,14,17)(H,15,16). The Morgan fingerprint density at radius 1 is 1.22 bits per heavy atom. The third kappa shape index (κ3) is 4.86. The van der Waals surface area contributed by atoms with Crippen LogP contribution < -0.4 is 5.32 Å². The first-order valence-corrected chi connectivity index (χ1v) is 5.90. The molecule has 0 spiro atoms. The van der Waals surface area contributed by atoms with Crippen LogP contribution >= 0.6 is 0 Å². The zero-order valence-electron chi connectivity index (χ0n) is 10.3. The van der Waals surface area contributed by atoms with E-state index >= 15 is 0 Å². The molecule has 18 heavy (non-hydrogen) atoms. The molecule has 5 nitrogen and oxygen atoms in total. The first-order valence-electron chi connectivity index (χ1n) is 5.90. The second-order valence-electron chi connectivity index (χ2n) is 3.85. The van der Waals surface area contributed by atoms with E-state index in [1.165, 1.54) is 24.3 Å². The van der Waals surface area contributed by atoms with Gasteiger partial charge in [0.1, 0.15) is 0 Å². The van der Waals surface area contributed by atoms with Gasteiger partial charge >= 0.3 is 12.1 Å². The molecule has 0 aliphatic carbocycles. The number of carboxylic acids is 1. The number of amides is 1. The van der Waals surface area contributed by atoms with E-state index in [0.717, 1.165) is 19.3 Å². The van der Waals surface area contributed by atoms with Crippen LogP contribution in [0.5, 0.6) is 0 Å². The van der Waals surface area contributed by atoms with E-state index in [2.05, 4.69) is 12.2 Å². The minimum Gasteiger partial charge on any atom is -0.478 e. The molecule has 1 rings (SSSR count). The predicted octanol–water partition coefficient (Wildman–Crippen LogP) is 3.12. The van der Waals surface area contributed by atoms with Crippen molar-refractivity contribution in [3.05, 3.63) is 29.8 Å². The number of anilines is 1. The Hall–Kier alpha value is -2.04. The van der Waals surface area contributed by atoms with Gasteiger partial charge < -0.3 is 9.84 Å². The SMILES string of the molecule is CCCCCOC(=O)Nc1ccc(C(=O)O)cc1. The minimum absolute atomic E-state index is 0.178. The molecule has 0 aromatic heterocycles. The van der Waals surface area contributed by atoms with Crippen LogP contribution in [0.3, 0.4) is 0 Å². The van der Waals surface area contributed by atoms with E-state index in [0.29, 0.717) is 12.3 Å². The molecule has 1 amide bonds. The minimum atomic E-state index is -0.997. The molecule has 5 heteroatoms. The van der Waals surface area contributed by atoms with Gasteiger partial charge in [0.05, 0.1) is 12.2 Å². The molecule has 0 unspecified atom stereocenters. The number of benzene rings is 1. The molecule has 1 aromatic carbocycles. The number of nitrogens with one attached hydrogen (secondary N) is 1. The maximum Gasteiger partial charge on any atom is 0.411 e. The molecule has 2 N–H and O–H groups in total. The summed E-state index contributed by atoms with van der Waals surface area (Å²) in [5.74, 6) is -0.997. The molecule has 0 bridgehead atoms. The molecule has 0 fully saturated rings. The lowest BCUT2D eigenvalue weighted by molar-refractivity contribution is 0.0697. The summed E-state index contributed by atoms with van der Waals surface area (Å²) in [7, 11) is 0. The zero-order valence-corrected chi connectivity index (χ0v) is 10.3. The number of unbranched alkanes of at least 4 members (excludes halogenated alkanes) is 2. The molecular formula is C13H17NO4. The third-order valence-corrected chi connectivity index (χ3v) is 2.36. The Balaban J connectivity index is 2.37. The first kappa shape index (κ1) is 14.0. The van der Waals surface area contributed by atoms with E-state index < -0.39 is 12.1 Å². The normalized spacial score (nSPS) is 9.83. The Kier molecular flexibility index (Phi) is 5.70. The Bertz CT molecular complexity index is 400. The van der Waals surface area contributed by atoms with Crippen LogP contribution in [-0.4, -0.2) is 23.8 Å². The summed E-state index contributed by atoms with van der Waals surface area (Å²) in [6.07, 6.45) is 2.43. The average Bonchev–Trinajstić information content (AvgIpc) is 2.35. The maximum atomic E-state index is 11.3. The highest BCUT2D eigenvalue weighted by Gasteiger charge is 2.05. The van der Waals surface area contributed by atoms with Gasteiger partial charge in [-0.15, -0.1) is 0 Å². The number of aromatic carboxylic acids is 1. The van der Waals surface area contributed by atoms with Gasteiger partial charge in [0.15, 0.2) is 0 Å². The summed E-state index contributed by atoms with van der Waals surface area (Å²) in [6.45, 7) is 2.47. The number of carbonyl (C=O) groups excluding carboxylic acids is 1. The van der Waals surface area contributed by atoms with Gasteiger partial charge in [-0.1, -0.05) is 19.8 Å². The Morgan fingerprint density at radius 3 is 2.44 bits per heavy atom. The van der Waals surface area contributed by atoms with Crippen molar-refractivity contribution < 1.29 is 19.4 Å². The van der Waals surface area contributed by atoms with Crippen LogP contribution in [0, 0.1) is 0 Å². The summed E-state index contributed by atoms with van der Waals surface area (Å²) in [6, 6.07) is 5.90. The number of hydrogen-bond donors (Lipinski definition) is 2. The molecule has 0 saturated carbocycles. The van der Waals surface area contributed by atoms with Crippen LogP contribution in [0.1, 0.15) is 36.5 Å². The fourth-order valence-electron chi connectivity index (χ4n) is 1.37. The highest BCUT2D eigenvalue weighted by atomic mass is 16.5. The van der Waals surface area contributed by atoms with E-state index in [1.807, 2.05) is 0 Å². The molecule has 1 aromatic rings. The van der Waals surface area contributed by atoms with Crippen molar-refractivity contribution in [3.8, 4) is 0 Å². The smallest absolute Gasteiger partial charge is 0.411 e. The Morgan fingerprint density at radius 2 is 1.89 bits per heavy atom. The molecule has 0 atom stereocenters. The van der Waals surface area contributed by atoms with E-state index in [9.17, 15) is 9.59 Å². The fraction of sp³-hybridized carbons (Fsp3) is 0.385. The monoisotopic (exact) mass is 251 g/mol. The van der Waals surface area contributed by atoms with Crippen molar-refractivity contribution in [2.24, 2.45) is 0 Å². The zero-order chi connectivity index (χ0) is 13.4. The molecule has 0 heterocycles. The Labute approximate surface area is 106 Å². The summed E-state index contributed by atoms with van der Waals surface area (Å²) in [5, 5.41) is 11.2. The average molecular weight is 251 g/mol. The number of carbonyl (C=O) groups is 2. The molecule has 0 aliphatic rings. The van der Waals surface area contributed by atoms with Gasteiger partial charge in [0.25, 0.3) is 0 Å². The predicted molar refractivity (Wildman–Crippen MR) is 67.9 cm³/mol. The van der Waals surface area contributed by atoms with Crippen molar-refractivity contribution in [1.82, 2.24) is 0 Å². The van der Waals surface area contributed by atoms with Gasteiger partial charge in [-0.05, 0) is 30.7 Å². The topological polar surface area (TPSA) is 75.6 Å². The lowest BCUT2D eigenvalue weighted by atomic mass is 10.2. The fourth-order valence-corrected chi connectivity index (χ4v) is 1.37. The van der Waals surface area contributed by atoms with Crippen molar-refractivity contribution in [2.45, 2.75) is 26.2 Å². The van der Waals surface area contributed by atoms with Crippen molar-refractivity contribution in [1.29, 1.82) is 0 Å². The first-order chi connectivity index (χ1) is 8.63. The second kappa shape index (κ2) is 7.32. The summed E-state index contributed by atoms with van der Waals surface area (Å²) >= 11 is 0. The van der Waals surface area contributed by atoms with E-state index in [4.69, 9.17) is 9.84 Å². The van der Waals surface area contributed by atoms with Crippen molar-refractivity contribution >= 4 is 17.7 Å². The van der Waals surface area contributed by atoms with Crippen LogP contribution in [0.4, 0.5) is 10.5 Å². The lowest BCUT2D eigenvalue weighted by Gasteiger charge is -2.06. The van der Waals surface area contributed by atoms with Crippen molar-refractivity contribution in [2.75, 3.05) is 11.9 Å². The van der Waals surface area contributed by atoms with Crippen LogP contribution in [-0.2, 0) is 4.74 Å². The molecule has 0 radical (unpaired) electrons. The largest absolute Gasteiger partial charge is 0.478 e. The third-order valence-electron chi connectivity index (χ3n) is 2.36. The number of hydrogen-bond acceptors (Lipinski definition) is 3. The quantitative estimate of drug-likeness (QED) is 0.761. The number of carboxylic acid groups (broad SMARTS) is 1. The summed E-state index contributed by atoms with van der Waals surface area (Å²) in [5.41, 5.74) is 0.692. The van der Waals surface area contributed by atoms with Crippen LogP contribution in [0.25, 0.3) is 0 Å². The van der Waals surface area contributed by atoms with E-state index in [-0.39, 0.29) is 5.56 Å². The highest BCUT2D eigenvalue weighted by molar-refractivity contribution is 5.89. The lowest BCUT2D eigenvalue weighted by Crippen LogP contribution is -2.14. The molecular weight excluding hydrogens is 234 g/mol. The summed E-state index contributed by atoms with van der Waals surface area (Å²) < 4.78 is 4.96.